The molecular formula is C18H18FN3O4S. The quantitative estimate of drug-likeness (QED) is 0.696. The summed E-state index contributed by atoms with van der Waals surface area (Å²) in [6.45, 7) is 3.47. The van der Waals surface area contributed by atoms with E-state index >= 15 is 4.39 Å². The van der Waals surface area contributed by atoms with Crippen molar-refractivity contribution in [2.75, 3.05) is 31.2 Å². The van der Waals surface area contributed by atoms with Crippen molar-refractivity contribution >= 4 is 38.3 Å². The van der Waals surface area contributed by atoms with Crippen LogP contribution in [-0.4, -0.2) is 40.4 Å². The fourth-order valence-electron chi connectivity index (χ4n) is 4.23. The second-order valence-corrected chi connectivity index (χ2v) is 8.08. The van der Waals surface area contributed by atoms with Crippen molar-refractivity contribution in [3.8, 4) is 5.75 Å². The topological polar surface area (TPSA) is 87.6 Å². The molecule has 3 aromatic rings. The maximum Gasteiger partial charge on any atom is 0.271 e. The van der Waals surface area contributed by atoms with Crippen LogP contribution in [-0.2, 0) is 0 Å². The summed E-state index contributed by atoms with van der Waals surface area (Å²) in [6.07, 6.45) is 0.773. The smallest absolute Gasteiger partial charge is 0.271 e. The van der Waals surface area contributed by atoms with Gasteiger partial charge >= 0.3 is 0 Å². The maximum absolute atomic E-state index is 15.1. The first-order valence-electron chi connectivity index (χ1n) is 8.91. The van der Waals surface area contributed by atoms with Gasteiger partial charge in [-0.05, 0) is 30.9 Å². The van der Waals surface area contributed by atoms with E-state index in [1.165, 1.54) is 6.07 Å². The van der Waals surface area contributed by atoms with Gasteiger partial charge in [-0.15, -0.1) is 0 Å². The molecule has 2 aliphatic rings. The third kappa shape index (κ3) is 2.21. The molecular weight excluding hydrogens is 373 g/mol. The minimum atomic E-state index is -0.541. The zero-order valence-electron chi connectivity index (χ0n) is 14.6. The van der Waals surface area contributed by atoms with Crippen LogP contribution in [0.2, 0.25) is 0 Å². The number of benzene rings is 1. The lowest BCUT2D eigenvalue weighted by atomic mass is 10.1. The van der Waals surface area contributed by atoms with Crippen LogP contribution in [0.1, 0.15) is 19.4 Å². The van der Waals surface area contributed by atoms with E-state index in [1.807, 2.05) is 16.4 Å². The van der Waals surface area contributed by atoms with Crippen molar-refractivity contribution in [1.82, 2.24) is 8.94 Å². The third-order valence-electron chi connectivity index (χ3n) is 5.57. The molecule has 2 N–H and O–H groups in total. The molecule has 1 aromatic carbocycles. The predicted molar refractivity (Wildman–Crippen MR) is 102 cm³/mol. The molecule has 2 aliphatic heterocycles. The largest absolute Gasteiger partial charge is 0.487 e. The lowest BCUT2D eigenvalue weighted by Gasteiger charge is -2.31. The monoisotopic (exact) mass is 391 g/mol. The maximum atomic E-state index is 15.1. The standard InChI is InChI=1S/C18H18FN3O4S/c1-8-7-26-16-13-10(15(24)12-17(25)20-27-18(12)22(8)13)4-11(19)14(16)21-3-2-9(5-21)6-23/h4,8-9,23H,2-3,5-7H2,1H3,(H,20,25). The minimum Gasteiger partial charge on any atom is -0.487 e. The van der Waals surface area contributed by atoms with Crippen molar-refractivity contribution < 1.29 is 14.2 Å². The Hall–Kier alpha value is -2.39. The van der Waals surface area contributed by atoms with Gasteiger partial charge in [-0.1, -0.05) is 0 Å². The molecule has 0 saturated carbocycles. The molecule has 9 heteroatoms. The van der Waals surface area contributed by atoms with Crippen molar-refractivity contribution in [1.29, 1.82) is 0 Å². The summed E-state index contributed by atoms with van der Waals surface area (Å²) in [7, 11) is 0. The van der Waals surface area contributed by atoms with Gasteiger partial charge in [0.25, 0.3) is 5.56 Å². The number of aromatic nitrogens is 2. The van der Waals surface area contributed by atoms with Crippen LogP contribution < -0.4 is 20.6 Å². The second kappa shape index (κ2) is 5.80. The first-order chi connectivity index (χ1) is 13.0. The Labute approximate surface area is 156 Å². The highest BCUT2D eigenvalue weighted by Crippen LogP contribution is 2.44. The summed E-state index contributed by atoms with van der Waals surface area (Å²) >= 11 is 1.12. The average Bonchev–Trinajstić information content (AvgIpc) is 3.27. The zero-order chi connectivity index (χ0) is 18.9. The fourth-order valence-corrected chi connectivity index (χ4v) is 5.18. The number of fused-ring (bicyclic) bond motifs is 2. The minimum absolute atomic E-state index is 0.0571. The molecule has 5 rings (SSSR count). The summed E-state index contributed by atoms with van der Waals surface area (Å²) in [4.78, 5) is 27.5. The molecule has 2 unspecified atom stereocenters. The summed E-state index contributed by atoms with van der Waals surface area (Å²) in [5, 5.41) is 9.65. The highest BCUT2D eigenvalue weighted by atomic mass is 32.1. The lowest BCUT2D eigenvalue weighted by molar-refractivity contribution is 0.238. The Morgan fingerprint density at radius 2 is 2.26 bits per heavy atom. The molecule has 0 spiro atoms. The first-order valence-corrected chi connectivity index (χ1v) is 9.73. The van der Waals surface area contributed by atoms with E-state index in [4.69, 9.17) is 4.74 Å². The number of nitrogens with one attached hydrogen (secondary N) is 1. The SMILES string of the molecule is CC1COc2c(N3CCC(CO)C3)c(F)cc3c(=O)c4c(=O)[nH]sc4n1c23. The van der Waals surface area contributed by atoms with Crippen LogP contribution in [0.5, 0.6) is 5.75 Å². The van der Waals surface area contributed by atoms with Crippen molar-refractivity contribution in [3.63, 3.8) is 0 Å². The number of halogens is 1. The number of anilines is 1. The molecule has 27 heavy (non-hydrogen) atoms. The highest BCUT2D eigenvalue weighted by Gasteiger charge is 2.33. The molecule has 4 heterocycles. The summed E-state index contributed by atoms with van der Waals surface area (Å²) in [5.74, 6) is -0.101. The van der Waals surface area contributed by atoms with Gasteiger partial charge in [0.1, 0.15) is 22.5 Å². The van der Waals surface area contributed by atoms with Crippen LogP contribution >= 0.6 is 11.5 Å². The van der Waals surface area contributed by atoms with Crippen molar-refractivity contribution in [2.24, 2.45) is 5.92 Å². The van der Waals surface area contributed by atoms with Crippen molar-refractivity contribution in [3.05, 3.63) is 32.5 Å². The number of nitrogens with zero attached hydrogens (tertiary/aromatic N) is 2. The molecule has 142 valence electrons. The van der Waals surface area contributed by atoms with E-state index < -0.39 is 16.8 Å². The average molecular weight is 391 g/mol. The number of aliphatic hydroxyl groups is 1. The van der Waals surface area contributed by atoms with E-state index in [2.05, 4.69) is 4.37 Å². The van der Waals surface area contributed by atoms with Crippen LogP contribution in [0.15, 0.2) is 15.7 Å². The number of H-pyrrole nitrogens is 1. The number of ether oxygens (including phenoxy) is 1. The van der Waals surface area contributed by atoms with Gasteiger partial charge in [-0.3, -0.25) is 14.0 Å². The third-order valence-corrected chi connectivity index (χ3v) is 6.45. The molecule has 1 fully saturated rings. The number of pyridine rings is 1. The van der Waals surface area contributed by atoms with E-state index in [0.717, 1.165) is 18.0 Å². The molecule has 0 amide bonds. The number of hydrogen-bond acceptors (Lipinski definition) is 6. The molecule has 7 nitrogen and oxygen atoms in total. The van der Waals surface area contributed by atoms with Crippen LogP contribution in [0, 0.1) is 11.7 Å². The summed E-state index contributed by atoms with van der Waals surface area (Å²) in [5.41, 5.74) is -0.0513. The number of aliphatic hydroxyl groups excluding tert-OH is 1. The molecule has 2 atom stereocenters. The fraction of sp³-hybridized carbons (Fsp3) is 0.444. The molecule has 1 saturated heterocycles. The van der Waals surface area contributed by atoms with Gasteiger partial charge in [0.15, 0.2) is 11.6 Å². The predicted octanol–water partition coefficient (Wildman–Crippen LogP) is 1.82. The number of aromatic amines is 1. The molecule has 0 radical (unpaired) electrons. The molecule has 0 bridgehead atoms. The Morgan fingerprint density at radius 1 is 1.44 bits per heavy atom. The van der Waals surface area contributed by atoms with Gasteiger partial charge < -0.3 is 19.3 Å². The second-order valence-electron chi connectivity index (χ2n) is 7.29. The number of rotatable bonds is 2. The zero-order valence-corrected chi connectivity index (χ0v) is 15.4. The van der Waals surface area contributed by atoms with Crippen LogP contribution in [0.25, 0.3) is 21.1 Å². The number of hydrogen-bond donors (Lipinski definition) is 2. The first kappa shape index (κ1) is 16.8. The van der Waals surface area contributed by atoms with Gasteiger partial charge in [0.2, 0.25) is 5.43 Å². The highest BCUT2D eigenvalue weighted by molar-refractivity contribution is 7.12. The lowest BCUT2D eigenvalue weighted by Crippen LogP contribution is -2.28. The van der Waals surface area contributed by atoms with Crippen molar-refractivity contribution in [2.45, 2.75) is 19.4 Å². The Bertz CT molecular complexity index is 1200. The van der Waals surface area contributed by atoms with E-state index in [-0.39, 0.29) is 29.3 Å². The summed E-state index contributed by atoms with van der Waals surface area (Å²) in [6, 6.07) is 1.12. The Kier molecular flexibility index (Phi) is 3.60. The normalized spacial score (nSPS) is 22.0. The van der Waals surface area contributed by atoms with E-state index in [0.29, 0.717) is 41.5 Å². The summed E-state index contributed by atoms with van der Waals surface area (Å²) < 4.78 is 25.6. The van der Waals surface area contributed by atoms with E-state index in [9.17, 15) is 14.7 Å². The van der Waals surface area contributed by atoms with Crippen LogP contribution in [0.3, 0.4) is 0 Å². The van der Waals surface area contributed by atoms with Crippen LogP contribution in [0.4, 0.5) is 10.1 Å². The van der Waals surface area contributed by atoms with E-state index in [1.54, 1.807) is 0 Å². The van der Waals surface area contributed by atoms with Gasteiger partial charge in [0.05, 0.1) is 16.9 Å². The Morgan fingerprint density at radius 3 is 3.00 bits per heavy atom. The van der Waals surface area contributed by atoms with Gasteiger partial charge in [-0.2, -0.15) is 0 Å². The molecule has 2 aromatic heterocycles. The van der Waals surface area contributed by atoms with Gasteiger partial charge in [0, 0.05) is 25.6 Å². The van der Waals surface area contributed by atoms with Gasteiger partial charge in [-0.25, -0.2) is 4.39 Å². The molecule has 0 aliphatic carbocycles. The Balaban J connectivity index is 1.89.